The van der Waals surface area contributed by atoms with Gasteiger partial charge in [0.1, 0.15) is 0 Å². The Hall–Kier alpha value is -1.39. The number of nitrogens with zero attached hydrogens (tertiary/aromatic N) is 2. The van der Waals surface area contributed by atoms with Crippen molar-refractivity contribution in [1.29, 1.82) is 0 Å². The van der Waals surface area contributed by atoms with E-state index in [9.17, 15) is 0 Å². The minimum absolute atomic E-state index is 0.444. The summed E-state index contributed by atoms with van der Waals surface area (Å²) in [6.45, 7) is 3.05. The summed E-state index contributed by atoms with van der Waals surface area (Å²) in [5, 5.41) is 7.09. The number of hydrogen-bond acceptors (Lipinski definition) is 4. The Balaban J connectivity index is 1.80. The van der Waals surface area contributed by atoms with Gasteiger partial charge in [-0.25, -0.2) is 9.97 Å². The van der Waals surface area contributed by atoms with Crippen molar-refractivity contribution in [1.82, 2.24) is 15.3 Å². The highest BCUT2D eigenvalue weighted by Crippen LogP contribution is 2.21. The Morgan fingerprint density at radius 1 is 1.28 bits per heavy atom. The number of anilines is 1. The van der Waals surface area contributed by atoms with Crippen molar-refractivity contribution in [2.24, 2.45) is 5.92 Å². The zero-order valence-corrected chi connectivity index (χ0v) is 10.7. The van der Waals surface area contributed by atoms with Crippen LogP contribution in [0.5, 0.6) is 0 Å². The number of nitrogens with one attached hydrogen (secondary N) is 2. The lowest BCUT2D eigenvalue weighted by Gasteiger charge is -2.11. The zero-order valence-electron chi connectivity index (χ0n) is 9.99. The summed E-state index contributed by atoms with van der Waals surface area (Å²) >= 11 is 6.14. The quantitative estimate of drug-likeness (QED) is 0.891. The van der Waals surface area contributed by atoms with Crippen molar-refractivity contribution in [2.45, 2.75) is 6.42 Å². The van der Waals surface area contributed by atoms with E-state index >= 15 is 0 Å². The summed E-state index contributed by atoms with van der Waals surface area (Å²) in [6.07, 6.45) is 1.20. The lowest BCUT2D eigenvalue weighted by molar-refractivity contribution is 0.614. The van der Waals surface area contributed by atoms with Crippen molar-refractivity contribution in [2.75, 3.05) is 25.0 Å². The van der Waals surface area contributed by atoms with Crippen LogP contribution in [0.15, 0.2) is 24.3 Å². The Labute approximate surface area is 111 Å². The number of para-hydroxylation sites is 2. The van der Waals surface area contributed by atoms with E-state index in [1.54, 1.807) is 0 Å². The van der Waals surface area contributed by atoms with Gasteiger partial charge in [-0.1, -0.05) is 23.7 Å². The van der Waals surface area contributed by atoms with Crippen molar-refractivity contribution >= 4 is 28.5 Å². The maximum Gasteiger partial charge on any atom is 0.172 e. The monoisotopic (exact) mass is 262 g/mol. The molecule has 0 bridgehead atoms. The summed E-state index contributed by atoms with van der Waals surface area (Å²) in [4.78, 5) is 8.86. The molecule has 0 aliphatic carbocycles. The first-order chi connectivity index (χ1) is 8.83. The van der Waals surface area contributed by atoms with Gasteiger partial charge in [0.2, 0.25) is 0 Å². The third kappa shape index (κ3) is 2.40. The Morgan fingerprint density at radius 2 is 2.06 bits per heavy atom. The zero-order chi connectivity index (χ0) is 12.4. The van der Waals surface area contributed by atoms with Crippen LogP contribution in [0.1, 0.15) is 6.42 Å². The second-order valence-electron chi connectivity index (χ2n) is 4.59. The molecule has 1 aliphatic rings. The second-order valence-corrected chi connectivity index (χ2v) is 4.95. The molecule has 3 rings (SSSR count). The van der Waals surface area contributed by atoms with Gasteiger partial charge in [-0.05, 0) is 37.6 Å². The molecular weight excluding hydrogens is 248 g/mol. The van der Waals surface area contributed by atoms with Crippen LogP contribution in [0.3, 0.4) is 0 Å². The number of benzene rings is 1. The number of fused-ring (bicyclic) bond motifs is 1. The van der Waals surface area contributed by atoms with Gasteiger partial charge in [-0.3, -0.25) is 0 Å². The molecule has 0 saturated carbocycles. The minimum atomic E-state index is 0.444. The molecule has 94 valence electrons. The fourth-order valence-electron chi connectivity index (χ4n) is 2.22. The first kappa shape index (κ1) is 11.7. The van der Waals surface area contributed by atoms with Crippen LogP contribution >= 0.6 is 11.6 Å². The SMILES string of the molecule is Clc1nc2ccccc2nc1NCC1CCNC1. The van der Waals surface area contributed by atoms with E-state index < -0.39 is 0 Å². The van der Waals surface area contributed by atoms with Gasteiger partial charge in [0, 0.05) is 6.54 Å². The van der Waals surface area contributed by atoms with E-state index in [0.717, 1.165) is 30.7 Å². The summed E-state index contributed by atoms with van der Waals surface area (Å²) in [5.74, 6) is 1.33. The molecule has 5 heteroatoms. The topological polar surface area (TPSA) is 49.8 Å². The standard InChI is InChI=1S/C13H15ClN4/c14-12-13(16-8-9-5-6-15-7-9)18-11-4-2-1-3-10(11)17-12/h1-4,9,15H,5-8H2,(H,16,18). The van der Waals surface area contributed by atoms with Gasteiger partial charge in [-0.2, -0.15) is 0 Å². The van der Waals surface area contributed by atoms with E-state index in [1.165, 1.54) is 6.42 Å². The molecule has 2 N–H and O–H groups in total. The highest BCUT2D eigenvalue weighted by atomic mass is 35.5. The highest BCUT2D eigenvalue weighted by molar-refractivity contribution is 6.32. The molecule has 2 aromatic rings. The molecule has 1 atom stereocenters. The van der Waals surface area contributed by atoms with E-state index in [1.807, 2.05) is 24.3 Å². The van der Waals surface area contributed by atoms with Gasteiger partial charge in [0.05, 0.1) is 11.0 Å². The minimum Gasteiger partial charge on any atom is -0.367 e. The molecule has 18 heavy (non-hydrogen) atoms. The maximum atomic E-state index is 6.14. The van der Waals surface area contributed by atoms with Crippen LogP contribution in [0.2, 0.25) is 5.15 Å². The van der Waals surface area contributed by atoms with Crippen LogP contribution < -0.4 is 10.6 Å². The first-order valence-electron chi connectivity index (χ1n) is 6.20. The number of halogens is 1. The van der Waals surface area contributed by atoms with E-state index in [-0.39, 0.29) is 0 Å². The number of hydrogen-bond donors (Lipinski definition) is 2. The molecular formula is C13H15ClN4. The Bertz CT molecular complexity index is 552. The largest absolute Gasteiger partial charge is 0.367 e. The number of rotatable bonds is 3. The van der Waals surface area contributed by atoms with E-state index in [4.69, 9.17) is 11.6 Å². The van der Waals surface area contributed by atoms with Crippen molar-refractivity contribution in [3.8, 4) is 0 Å². The lowest BCUT2D eigenvalue weighted by atomic mass is 10.1. The summed E-state index contributed by atoms with van der Waals surface area (Å²) in [5.41, 5.74) is 1.70. The van der Waals surface area contributed by atoms with Crippen LogP contribution in [-0.2, 0) is 0 Å². The molecule has 1 saturated heterocycles. The average Bonchev–Trinajstić information content (AvgIpc) is 2.89. The molecule has 0 spiro atoms. The highest BCUT2D eigenvalue weighted by Gasteiger charge is 2.15. The molecule has 1 aromatic heterocycles. The molecule has 0 radical (unpaired) electrons. The lowest BCUT2D eigenvalue weighted by Crippen LogP contribution is -2.18. The van der Waals surface area contributed by atoms with E-state index in [0.29, 0.717) is 16.9 Å². The van der Waals surface area contributed by atoms with E-state index in [2.05, 4.69) is 20.6 Å². The normalized spacial score (nSPS) is 19.3. The van der Waals surface area contributed by atoms with Gasteiger partial charge in [0.15, 0.2) is 11.0 Å². The second kappa shape index (κ2) is 5.08. The Morgan fingerprint density at radius 3 is 2.78 bits per heavy atom. The molecule has 0 amide bonds. The molecule has 1 fully saturated rings. The molecule has 2 heterocycles. The fraction of sp³-hybridized carbons (Fsp3) is 0.385. The molecule has 1 unspecified atom stereocenters. The fourth-order valence-corrected chi connectivity index (χ4v) is 2.42. The van der Waals surface area contributed by atoms with Crippen molar-refractivity contribution in [3.63, 3.8) is 0 Å². The Kier molecular flexibility index (Phi) is 3.30. The molecule has 1 aromatic carbocycles. The van der Waals surface area contributed by atoms with Gasteiger partial charge in [0.25, 0.3) is 0 Å². The van der Waals surface area contributed by atoms with Crippen LogP contribution in [-0.4, -0.2) is 29.6 Å². The maximum absolute atomic E-state index is 6.14. The summed E-state index contributed by atoms with van der Waals surface area (Å²) in [7, 11) is 0. The first-order valence-corrected chi connectivity index (χ1v) is 6.57. The summed E-state index contributed by atoms with van der Waals surface area (Å²) < 4.78 is 0. The predicted octanol–water partition coefficient (Wildman–Crippen LogP) is 2.30. The average molecular weight is 263 g/mol. The van der Waals surface area contributed by atoms with Crippen LogP contribution in [0, 0.1) is 5.92 Å². The van der Waals surface area contributed by atoms with Gasteiger partial charge in [-0.15, -0.1) is 0 Å². The third-order valence-corrected chi connectivity index (χ3v) is 3.51. The van der Waals surface area contributed by atoms with Crippen molar-refractivity contribution in [3.05, 3.63) is 29.4 Å². The van der Waals surface area contributed by atoms with Gasteiger partial charge >= 0.3 is 0 Å². The predicted molar refractivity (Wildman–Crippen MR) is 74.0 cm³/mol. The number of aromatic nitrogens is 2. The molecule has 1 aliphatic heterocycles. The van der Waals surface area contributed by atoms with Gasteiger partial charge < -0.3 is 10.6 Å². The smallest absolute Gasteiger partial charge is 0.172 e. The molecule has 4 nitrogen and oxygen atoms in total. The summed E-state index contributed by atoms with van der Waals surface area (Å²) in [6, 6.07) is 7.75. The van der Waals surface area contributed by atoms with Crippen LogP contribution in [0.25, 0.3) is 11.0 Å². The third-order valence-electron chi connectivity index (χ3n) is 3.25. The van der Waals surface area contributed by atoms with Crippen molar-refractivity contribution < 1.29 is 0 Å². The van der Waals surface area contributed by atoms with Crippen LogP contribution in [0.4, 0.5) is 5.82 Å².